The predicted octanol–water partition coefficient (Wildman–Crippen LogP) is 4.54. The molecule has 0 aliphatic heterocycles. The van der Waals surface area contributed by atoms with Crippen molar-refractivity contribution in [3.63, 3.8) is 0 Å². The fourth-order valence-corrected chi connectivity index (χ4v) is 4.35. The number of halogens is 1. The van der Waals surface area contributed by atoms with Gasteiger partial charge in [-0.2, -0.15) is 5.10 Å². The predicted molar refractivity (Wildman–Crippen MR) is 121 cm³/mol. The van der Waals surface area contributed by atoms with Gasteiger partial charge >= 0.3 is 5.97 Å². The van der Waals surface area contributed by atoms with Gasteiger partial charge in [-0.05, 0) is 43.3 Å². The molecular formula is C20H16ClN5O4S2. The molecule has 0 bridgehead atoms. The average Bonchev–Trinajstić information content (AvgIpc) is 3.53. The summed E-state index contributed by atoms with van der Waals surface area (Å²) in [6.45, 7) is 2.06. The molecule has 1 amide bonds. The molecule has 0 fully saturated rings. The number of furan rings is 1. The van der Waals surface area contributed by atoms with Crippen molar-refractivity contribution < 1.29 is 18.7 Å². The van der Waals surface area contributed by atoms with Gasteiger partial charge in [0.2, 0.25) is 5.13 Å². The summed E-state index contributed by atoms with van der Waals surface area (Å²) in [5.41, 5.74) is 1.49. The normalized spacial score (nSPS) is 10.8. The van der Waals surface area contributed by atoms with Crippen molar-refractivity contribution in [3.05, 3.63) is 59.4 Å². The molecule has 3 aromatic heterocycles. The zero-order valence-corrected chi connectivity index (χ0v) is 19.0. The highest BCUT2D eigenvalue weighted by Gasteiger charge is 2.20. The molecule has 0 aliphatic rings. The summed E-state index contributed by atoms with van der Waals surface area (Å²) in [5, 5.41) is 15.9. The molecule has 3 heterocycles. The smallest absolute Gasteiger partial charge is 0.316 e. The first kappa shape index (κ1) is 22.1. The van der Waals surface area contributed by atoms with Gasteiger partial charge in [0.05, 0.1) is 24.3 Å². The van der Waals surface area contributed by atoms with E-state index in [1.165, 1.54) is 11.8 Å². The first-order valence-electron chi connectivity index (χ1n) is 9.36. The lowest BCUT2D eigenvalue weighted by atomic mass is 10.2. The molecule has 4 aromatic rings. The van der Waals surface area contributed by atoms with E-state index in [0.717, 1.165) is 11.3 Å². The molecule has 164 valence electrons. The number of benzene rings is 1. The number of carbonyl (C=O) groups excluding carboxylic acids is 2. The molecule has 0 saturated heterocycles. The molecule has 0 unspecified atom stereocenters. The minimum atomic E-state index is -0.455. The van der Waals surface area contributed by atoms with Crippen molar-refractivity contribution in [2.45, 2.75) is 11.3 Å². The Labute approximate surface area is 195 Å². The number of nitrogens with zero attached hydrogens (tertiary/aromatic N) is 4. The number of hydrogen-bond donors (Lipinski definition) is 1. The third-order valence-corrected chi connectivity index (χ3v) is 6.23. The van der Waals surface area contributed by atoms with Crippen LogP contribution >= 0.6 is 34.7 Å². The van der Waals surface area contributed by atoms with Crippen LogP contribution in [0.5, 0.6) is 0 Å². The number of carbonyl (C=O) groups is 2. The fourth-order valence-electron chi connectivity index (χ4n) is 2.67. The zero-order chi connectivity index (χ0) is 22.5. The summed E-state index contributed by atoms with van der Waals surface area (Å²) in [6, 6.07) is 12.2. The van der Waals surface area contributed by atoms with Crippen LogP contribution in [-0.4, -0.2) is 44.2 Å². The van der Waals surface area contributed by atoms with Crippen LogP contribution in [0.15, 0.2) is 57.5 Å². The molecule has 1 N–H and O–H groups in total. The first-order valence-corrected chi connectivity index (χ1v) is 11.5. The summed E-state index contributed by atoms with van der Waals surface area (Å²) in [6.07, 6.45) is 1.55. The minimum absolute atomic E-state index is 0.119. The van der Waals surface area contributed by atoms with Crippen molar-refractivity contribution in [2.75, 3.05) is 17.7 Å². The van der Waals surface area contributed by atoms with E-state index < -0.39 is 5.91 Å². The highest BCUT2D eigenvalue weighted by Crippen LogP contribution is 2.28. The van der Waals surface area contributed by atoms with Gasteiger partial charge in [0.1, 0.15) is 5.69 Å². The van der Waals surface area contributed by atoms with Crippen molar-refractivity contribution in [3.8, 4) is 17.1 Å². The molecule has 4 rings (SSSR count). The van der Waals surface area contributed by atoms with Crippen LogP contribution in [0.1, 0.15) is 17.4 Å². The Morgan fingerprint density at radius 1 is 1.25 bits per heavy atom. The lowest BCUT2D eigenvalue weighted by Gasteiger charge is -2.05. The Kier molecular flexibility index (Phi) is 6.88. The van der Waals surface area contributed by atoms with E-state index >= 15 is 0 Å². The summed E-state index contributed by atoms with van der Waals surface area (Å²) in [4.78, 5) is 24.3. The number of thioether (sulfide) groups is 1. The van der Waals surface area contributed by atoms with Gasteiger partial charge in [-0.15, -0.1) is 10.2 Å². The number of rotatable bonds is 8. The van der Waals surface area contributed by atoms with Gasteiger partial charge in [0.15, 0.2) is 15.8 Å². The standard InChI is InChI=1S/C20H16ClN5O4S2/c1-2-29-17(27)11-31-20-24-23-19(32-20)22-18(28)14-10-15(16-4-3-9-30-16)26(25-14)13-7-5-12(21)6-8-13/h3-10H,2,11H2,1H3,(H,22,23,28). The van der Waals surface area contributed by atoms with Crippen LogP contribution in [0.25, 0.3) is 17.1 Å². The van der Waals surface area contributed by atoms with E-state index in [1.807, 2.05) is 0 Å². The van der Waals surface area contributed by atoms with Gasteiger partial charge in [0, 0.05) is 11.1 Å². The molecule has 0 saturated carbocycles. The Morgan fingerprint density at radius 2 is 2.06 bits per heavy atom. The monoisotopic (exact) mass is 489 g/mol. The van der Waals surface area contributed by atoms with E-state index in [0.29, 0.717) is 38.2 Å². The third kappa shape index (κ3) is 5.18. The second kappa shape index (κ2) is 9.98. The number of ether oxygens (including phenoxy) is 1. The fraction of sp³-hybridized carbons (Fsp3) is 0.150. The molecule has 0 aliphatic carbocycles. The van der Waals surface area contributed by atoms with Crippen molar-refractivity contribution >= 4 is 51.7 Å². The van der Waals surface area contributed by atoms with Crippen molar-refractivity contribution in [1.29, 1.82) is 0 Å². The van der Waals surface area contributed by atoms with Gasteiger partial charge < -0.3 is 9.15 Å². The molecule has 0 spiro atoms. The SMILES string of the molecule is CCOC(=O)CSc1nnc(NC(=O)c2cc(-c3ccco3)n(-c3ccc(Cl)cc3)n2)s1. The lowest BCUT2D eigenvalue weighted by Crippen LogP contribution is -2.13. The van der Waals surface area contributed by atoms with Gasteiger partial charge in [-0.1, -0.05) is 34.7 Å². The molecule has 1 aromatic carbocycles. The summed E-state index contributed by atoms with van der Waals surface area (Å²) >= 11 is 8.34. The molecule has 12 heteroatoms. The van der Waals surface area contributed by atoms with E-state index in [9.17, 15) is 9.59 Å². The Morgan fingerprint density at radius 3 is 2.78 bits per heavy atom. The molecular weight excluding hydrogens is 474 g/mol. The Hall–Kier alpha value is -3.15. The van der Waals surface area contributed by atoms with Crippen LogP contribution in [0.4, 0.5) is 5.13 Å². The van der Waals surface area contributed by atoms with Crippen LogP contribution in [0.3, 0.4) is 0 Å². The maximum Gasteiger partial charge on any atom is 0.316 e. The third-order valence-electron chi connectivity index (χ3n) is 4.03. The number of amides is 1. The minimum Gasteiger partial charge on any atom is -0.465 e. The number of hydrogen-bond acceptors (Lipinski definition) is 9. The van der Waals surface area contributed by atoms with Crippen LogP contribution < -0.4 is 5.32 Å². The van der Waals surface area contributed by atoms with E-state index in [-0.39, 0.29) is 17.4 Å². The summed E-state index contributed by atoms with van der Waals surface area (Å²) < 4.78 is 12.5. The van der Waals surface area contributed by atoms with Crippen LogP contribution in [0, 0.1) is 0 Å². The largest absolute Gasteiger partial charge is 0.465 e. The van der Waals surface area contributed by atoms with E-state index in [4.69, 9.17) is 20.8 Å². The second-order valence-electron chi connectivity index (χ2n) is 6.20. The molecule has 0 radical (unpaired) electrons. The van der Waals surface area contributed by atoms with Gasteiger partial charge in [-0.3, -0.25) is 14.9 Å². The number of anilines is 1. The van der Waals surface area contributed by atoms with Crippen molar-refractivity contribution in [2.24, 2.45) is 0 Å². The number of esters is 1. The van der Waals surface area contributed by atoms with Gasteiger partial charge in [0.25, 0.3) is 5.91 Å². The summed E-state index contributed by atoms with van der Waals surface area (Å²) in [7, 11) is 0. The second-order valence-corrected chi connectivity index (χ2v) is 8.84. The maximum atomic E-state index is 12.8. The number of nitrogens with one attached hydrogen (secondary N) is 1. The highest BCUT2D eigenvalue weighted by atomic mass is 35.5. The number of aromatic nitrogens is 4. The Bertz CT molecular complexity index is 1220. The molecule has 32 heavy (non-hydrogen) atoms. The average molecular weight is 490 g/mol. The molecule has 0 atom stereocenters. The van der Waals surface area contributed by atoms with E-state index in [2.05, 4.69) is 20.6 Å². The molecule has 9 nitrogen and oxygen atoms in total. The van der Waals surface area contributed by atoms with Crippen molar-refractivity contribution in [1.82, 2.24) is 20.0 Å². The Balaban J connectivity index is 1.52. The van der Waals surface area contributed by atoms with Crippen LogP contribution in [-0.2, 0) is 9.53 Å². The quantitative estimate of drug-likeness (QED) is 0.218. The first-order chi connectivity index (χ1) is 15.5. The summed E-state index contributed by atoms with van der Waals surface area (Å²) in [5.74, 6) is -0.116. The topological polar surface area (TPSA) is 112 Å². The van der Waals surface area contributed by atoms with E-state index in [1.54, 1.807) is 60.3 Å². The zero-order valence-electron chi connectivity index (χ0n) is 16.6. The lowest BCUT2D eigenvalue weighted by molar-refractivity contribution is -0.139. The maximum absolute atomic E-state index is 12.8. The highest BCUT2D eigenvalue weighted by molar-refractivity contribution is 8.01. The van der Waals surface area contributed by atoms with Gasteiger partial charge in [-0.25, -0.2) is 4.68 Å². The van der Waals surface area contributed by atoms with Crippen LogP contribution in [0.2, 0.25) is 5.02 Å².